The summed E-state index contributed by atoms with van der Waals surface area (Å²) < 4.78 is 13.2. The summed E-state index contributed by atoms with van der Waals surface area (Å²) in [4.78, 5) is 14.4. The number of para-hydroxylation sites is 2. The first-order valence-electron chi connectivity index (χ1n) is 7.34. The Labute approximate surface area is 127 Å². The molecule has 0 radical (unpaired) electrons. The van der Waals surface area contributed by atoms with Crippen molar-refractivity contribution in [3.05, 3.63) is 36.7 Å². The number of amides is 1. The average Bonchev–Trinajstić information content (AvgIpc) is 3.24. The van der Waals surface area contributed by atoms with Gasteiger partial charge in [-0.1, -0.05) is 17.3 Å². The fraction of sp³-hybridized carbons (Fsp3) is 0.400. The second-order valence-electron chi connectivity index (χ2n) is 5.47. The number of rotatable bonds is 2. The van der Waals surface area contributed by atoms with Gasteiger partial charge in [0.05, 0.1) is 12.2 Å². The fourth-order valence-corrected chi connectivity index (χ4v) is 2.91. The lowest BCUT2D eigenvalue weighted by Gasteiger charge is -2.28. The highest BCUT2D eigenvalue weighted by molar-refractivity contribution is 5.82. The summed E-state index contributed by atoms with van der Waals surface area (Å²) in [5.41, 5.74) is 0. The van der Waals surface area contributed by atoms with Crippen molar-refractivity contribution in [2.24, 2.45) is 0 Å². The van der Waals surface area contributed by atoms with Gasteiger partial charge in [-0.15, -0.1) is 5.10 Å². The van der Waals surface area contributed by atoms with Crippen molar-refractivity contribution in [1.29, 1.82) is 0 Å². The molecule has 1 fully saturated rings. The van der Waals surface area contributed by atoms with Crippen LogP contribution in [0.15, 0.2) is 36.7 Å². The molecule has 3 heterocycles. The van der Waals surface area contributed by atoms with Gasteiger partial charge in [0.25, 0.3) is 5.91 Å². The van der Waals surface area contributed by atoms with Crippen molar-refractivity contribution in [2.45, 2.75) is 18.6 Å². The van der Waals surface area contributed by atoms with Crippen molar-refractivity contribution in [1.82, 2.24) is 19.9 Å². The number of likely N-dealkylation sites (tertiary alicyclic amines) is 1. The zero-order valence-corrected chi connectivity index (χ0v) is 12.0. The first-order chi connectivity index (χ1) is 10.8. The van der Waals surface area contributed by atoms with E-state index in [1.54, 1.807) is 10.9 Å². The predicted molar refractivity (Wildman–Crippen MR) is 76.6 cm³/mol. The first kappa shape index (κ1) is 13.1. The Morgan fingerprint density at radius 3 is 2.95 bits per heavy atom. The lowest BCUT2D eigenvalue weighted by molar-refractivity contribution is -0.140. The molecule has 0 unspecified atom stereocenters. The molecule has 2 aromatic rings. The first-order valence-corrected chi connectivity index (χ1v) is 7.34. The number of ether oxygens (including phenoxy) is 2. The maximum atomic E-state index is 12.6. The van der Waals surface area contributed by atoms with E-state index in [0.717, 1.165) is 6.42 Å². The summed E-state index contributed by atoms with van der Waals surface area (Å²) in [6.07, 6.45) is 3.78. The lowest BCUT2D eigenvalue weighted by atomic mass is 10.2. The minimum atomic E-state index is -0.579. The molecule has 0 N–H and O–H groups in total. The highest BCUT2D eigenvalue weighted by Crippen LogP contribution is 2.32. The van der Waals surface area contributed by atoms with Gasteiger partial charge in [0.15, 0.2) is 11.5 Å². The van der Waals surface area contributed by atoms with Gasteiger partial charge >= 0.3 is 0 Å². The Hall–Kier alpha value is -2.57. The molecule has 114 valence electrons. The standard InChI is InChI=1S/C15H16N4O3/c20-15(14-10-21-12-3-1-2-4-13(12)22-14)18-7-5-11(9-18)19-8-6-16-17-19/h1-4,6,8,11,14H,5,7,9-10H2/t11-,14-/m1/s1. The summed E-state index contributed by atoms with van der Waals surface area (Å²) >= 11 is 0. The van der Waals surface area contributed by atoms with Crippen LogP contribution in [0.3, 0.4) is 0 Å². The van der Waals surface area contributed by atoms with E-state index in [-0.39, 0.29) is 18.6 Å². The summed E-state index contributed by atoms with van der Waals surface area (Å²) in [5, 5.41) is 7.82. The smallest absolute Gasteiger partial charge is 0.267 e. The van der Waals surface area contributed by atoms with Crippen LogP contribution in [0.2, 0.25) is 0 Å². The minimum Gasteiger partial charge on any atom is -0.485 e. The van der Waals surface area contributed by atoms with Gasteiger partial charge < -0.3 is 14.4 Å². The Balaban J connectivity index is 1.43. The van der Waals surface area contributed by atoms with Crippen LogP contribution in [0.5, 0.6) is 11.5 Å². The molecule has 1 saturated heterocycles. The van der Waals surface area contributed by atoms with E-state index in [9.17, 15) is 4.79 Å². The normalized spacial score (nSPS) is 23.5. The van der Waals surface area contributed by atoms with E-state index >= 15 is 0 Å². The van der Waals surface area contributed by atoms with Crippen LogP contribution in [0.1, 0.15) is 12.5 Å². The second kappa shape index (κ2) is 5.32. The molecular formula is C15H16N4O3. The molecule has 1 aromatic carbocycles. The maximum absolute atomic E-state index is 12.6. The van der Waals surface area contributed by atoms with Gasteiger partial charge in [0.1, 0.15) is 6.61 Å². The van der Waals surface area contributed by atoms with Crippen LogP contribution in [0.25, 0.3) is 0 Å². The van der Waals surface area contributed by atoms with Gasteiger partial charge in [-0.2, -0.15) is 0 Å². The number of carbonyl (C=O) groups is 1. The van der Waals surface area contributed by atoms with Crippen LogP contribution in [0, 0.1) is 0 Å². The number of fused-ring (bicyclic) bond motifs is 1. The van der Waals surface area contributed by atoms with E-state index in [1.165, 1.54) is 0 Å². The summed E-state index contributed by atoms with van der Waals surface area (Å²) in [6, 6.07) is 7.59. The highest BCUT2D eigenvalue weighted by atomic mass is 16.6. The van der Waals surface area contributed by atoms with Gasteiger partial charge in [-0.3, -0.25) is 4.79 Å². The Bertz CT molecular complexity index is 673. The topological polar surface area (TPSA) is 69.5 Å². The maximum Gasteiger partial charge on any atom is 0.267 e. The molecular weight excluding hydrogens is 284 g/mol. The van der Waals surface area contributed by atoms with Crippen molar-refractivity contribution in [3.8, 4) is 11.5 Å². The van der Waals surface area contributed by atoms with Crippen LogP contribution in [-0.2, 0) is 4.79 Å². The zero-order valence-electron chi connectivity index (χ0n) is 12.0. The van der Waals surface area contributed by atoms with Gasteiger partial charge in [-0.25, -0.2) is 4.68 Å². The van der Waals surface area contributed by atoms with Gasteiger partial charge in [0.2, 0.25) is 6.10 Å². The zero-order chi connectivity index (χ0) is 14.9. The molecule has 1 aromatic heterocycles. The number of hydrogen-bond donors (Lipinski definition) is 0. The van der Waals surface area contributed by atoms with Crippen molar-refractivity contribution in [2.75, 3.05) is 19.7 Å². The molecule has 1 amide bonds. The van der Waals surface area contributed by atoms with E-state index in [0.29, 0.717) is 24.6 Å². The Kier molecular flexibility index (Phi) is 3.17. The highest BCUT2D eigenvalue weighted by Gasteiger charge is 2.35. The molecule has 7 heteroatoms. The SMILES string of the molecule is O=C([C@H]1COc2ccccc2O1)N1CC[C@@H](n2ccnn2)C1. The van der Waals surface area contributed by atoms with E-state index in [2.05, 4.69) is 10.3 Å². The van der Waals surface area contributed by atoms with E-state index < -0.39 is 6.10 Å². The van der Waals surface area contributed by atoms with Crippen LogP contribution >= 0.6 is 0 Å². The number of carbonyl (C=O) groups excluding carboxylic acids is 1. The molecule has 4 rings (SSSR count). The third-order valence-corrected chi connectivity index (χ3v) is 4.07. The number of nitrogens with zero attached hydrogens (tertiary/aromatic N) is 4. The van der Waals surface area contributed by atoms with Crippen LogP contribution in [-0.4, -0.2) is 51.6 Å². The second-order valence-corrected chi connectivity index (χ2v) is 5.47. The quantitative estimate of drug-likeness (QED) is 0.824. The molecule has 0 aliphatic carbocycles. The van der Waals surface area contributed by atoms with Crippen molar-refractivity contribution >= 4 is 5.91 Å². The largest absolute Gasteiger partial charge is 0.485 e. The van der Waals surface area contributed by atoms with Crippen molar-refractivity contribution < 1.29 is 14.3 Å². The third kappa shape index (κ3) is 2.28. The number of aromatic nitrogens is 3. The number of benzene rings is 1. The molecule has 0 spiro atoms. The Morgan fingerprint density at radius 2 is 2.14 bits per heavy atom. The molecule has 2 aliphatic heterocycles. The summed E-state index contributed by atoms with van der Waals surface area (Å²) in [6.45, 7) is 1.58. The predicted octanol–water partition coefficient (Wildman–Crippen LogP) is 0.891. The molecule has 0 saturated carbocycles. The summed E-state index contributed by atoms with van der Waals surface area (Å²) in [7, 11) is 0. The molecule has 2 aliphatic rings. The van der Waals surface area contributed by atoms with E-state index in [4.69, 9.17) is 9.47 Å². The monoisotopic (exact) mass is 300 g/mol. The molecule has 22 heavy (non-hydrogen) atoms. The third-order valence-electron chi connectivity index (χ3n) is 4.07. The van der Waals surface area contributed by atoms with E-state index in [1.807, 2.05) is 35.4 Å². The lowest BCUT2D eigenvalue weighted by Crippen LogP contribution is -2.45. The molecule has 7 nitrogen and oxygen atoms in total. The summed E-state index contributed by atoms with van der Waals surface area (Å²) in [5.74, 6) is 1.28. The van der Waals surface area contributed by atoms with Gasteiger partial charge in [0, 0.05) is 19.3 Å². The minimum absolute atomic E-state index is 0.0304. The molecule has 2 atom stereocenters. The average molecular weight is 300 g/mol. The van der Waals surface area contributed by atoms with Crippen LogP contribution in [0.4, 0.5) is 0 Å². The van der Waals surface area contributed by atoms with Crippen molar-refractivity contribution in [3.63, 3.8) is 0 Å². The molecule has 0 bridgehead atoms. The van der Waals surface area contributed by atoms with Crippen LogP contribution < -0.4 is 9.47 Å². The number of hydrogen-bond acceptors (Lipinski definition) is 5. The Morgan fingerprint density at radius 1 is 1.27 bits per heavy atom. The fourth-order valence-electron chi connectivity index (χ4n) is 2.91. The van der Waals surface area contributed by atoms with Gasteiger partial charge in [-0.05, 0) is 18.6 Å².